The van der Waals surface area contributed by atoms with Crippen LogP contribution in [0.5, 0.6) is 0 Å². The van der Waals surface area contributed by atoms with Crippen molar-refractivity contribution < 1.29 is 8.42 Å². The Hall–Kier alpha value is -0.130. The first kappa shape index (κ1) is 11.4. The van der Waals surface area contributed by atoms with Crippen molar-refractivity contribution in [1.29, 1.82) is 0 Å². The van der Waals surface area contributed by atoms with Crippen molar-refractivity contribution >= 4 is 10.0 Å². The second-order valence-corrected chi connectivity index (χ2v) is 7.24. The number of hydrogen-bond acceptors (Lipinski definition) is 3. The van der Waals surface area contributed by atoms with E-state index in [4.69, 9.17) is 0 Å². The molecular formula is C10H20N2O2S. The largest absolute Gasteiger partial charge is 0.304 e. The fourth-order valence-electron chi connectivity index (χ4n) is 1.96. The van der Waals surface area contributed by atoms with E-state index >= 15 is 0 Å². The van der Waals surface area contributed by atoms with E-state index in [1.54, 1.807) is 4.31 Å². The minimum absolute atomic E-state index is 0.0855. The van der Waals surface area contributed by atoms with E-state index in [0.717, 1.165) is 25.9 Å². The number of rotatable bonds is 3. The molecule has 4 nitrogen and oxygen atoms in total. The van der Waals surface area contributed by atoms with Crippen molar-refractivity contribution in [2.24, 2.45) is 5.41 Å². The molecule has 15 heavy (non-hydrogen) atoms. The zero-order chi connectivity index (χ0) is 11.1. The molecule has 0 unspecified atom stereocenters. The molecule has 0 aromatic rings. The first-order valence-electron chi connectivity index (χ1n) is 5.58. The Kier molecular flexibility index (Phi) is 2.81. The van der Waals surface area contributed by atoms with Gasteiger partial charge in [0.15, 0.2) is 0 Å². The molecule has 2 aliphatic rings. The molecule has 0 aromatic carbocycles. The molecule has 2 fully saturated rings. The van der Waals surface area contributed by atoms with Crippen LogP contribution in [0, 0.1) is 5.41 Å². The summed E-state index contributed by atoms with van der Waals surface area (Å²) in [4.78, 5) is 2.17. The average Bonchev–Trinajstić information content (AvgIpc) is 2.82. The first-order valence-corrected chi connectivity index (χ1v) is 7.19. The predicted octanol–water partition coefficient (Wildman–Crippen LogP) is 0.364. The predicted molar refractivity (Wildman–Crippen MR) is 60.2 cm³/mol. The van der Waals surface area contributed by atoms with Gasteiger partial charge >= 0.3 is 0 Å². The molecular weight excluding hydrogens is 212 g/mol. The molecule has 0 atom stereocenters. The number of likely N-dealkylation sites (N-methyl/N-ethyl adjacent to an activating group) is 1. The second kappa shape index (κ2) is 3.71. The molecule has 0 bridgehead atoms. The van der Waals surface area contributed by atoms with Gasteiger partial charge in [-0.25, -0.2) is 8.42 Å². The molecule has 1 saturated heterocycles. The molecule has 0 aromatic heterocycles. The summed E-state index contributed by atoms with van der Waals surface area (Å²) in [6, 6.07) is 0. The molecule has 5 heteroatoms. The normalized spacial score (nSPS) is 27.9. The van der Waals surface area contributed by atoms with E-state index in [9.17, 15) is 8.42 Å². The summed E-state index contributed by atoms with van der Waals surface area (Å²) in [6.07, 6.45) is 2.14. The SMILES string of the molecule is CN1CCN(S(=O)(=O)CC2(C)CC2)CC1. The summed E-state index contributed by atoms with van der Waals surface area (Å²) in [7, 11) is -0.961. The molecule has 0 N–H and O–H groups in total. The van der Waals surface area contributed by atoms with Crippen molar-refractivity contribution in [2.45, 2.75) is 19.8 Å². The van der Waals surface area contributed by atoms with Gasteiger partial charge in [-0.15, -0.1) is 0 Å². The zero-order valence-corrected chi connectivity index (χ0v) is 10.4. The number of sulfonamides is 1. The third kappa shape index (κ3) is 2.71. The van der Waals surface area contributed by atoms with Gasteiger partial charge in [-0.05, 0) is 25.3 Å². The Balaban J connectivity index is 1.96. The molecule has 1 heterocycles. The van der Waals surface area contributed by atoms with Gasteiger partial charge in [-0.2, -0.15) is 4.31 Å². The Bertz CT molecular complexity index is 327. The van der Waals surface area contributed by atoms with Crippen LogP contribution in [-0.4, -0.2) is 56.6 Å². The summed E-state index contributed by atoms with van der Waals surface area (Å²) in [5, 5.41) is 0. The maximum absolute atomic E-state index is 12.1. The Morgan fingerprint density at radius 2 is 1.67 bits per heavy atom. The third-order valence-corrected chi connectivity index (χ3v) is 5.70. The van der Waals surface area contributed by atoms with Crippen LogP contribution in [0.1, 0.15) is 19.8 Å². The molecule has 0 spiro atoms. The van der Waals surface area contributed by atoms with Crippen LogP contribution in [-0.2, 0) is 10.0 Å². The van der Waals surface area contributed by atoms with E-state index in [1.165, 1.54) is 0 Å². The molecule has 0 radical (unpaired) electrons. The standard InChI is InChI=1S/C10H20N2O2S/c1-10(3-4-10)9-15(13,14)12-7-5-11(2)6-8-12/h3-9H2,1-2H3. The van der Waals surface area contributed by atoms with Crippen LogP contribution in [0.4, 0.5) is 0 Å². The number of piperazine rings is 1. The molecule has 88 valence electrons. The topological polar surface area (TPSA) is 40.6 Å². The lowest BCUT2D eigenvalue weighted by molar-refractivity contribution is 0.221. The average molecular weight is 232 g/mol. The summed E-state index contributed by atoms with van der Waals surface area (Å²) in [5.74, 6) is 0.351. The Morgan fingerprint density at radius 1 is 1.13 bits per heavy atom. The van der Waals surface area contributed by atoms with E-state index in [0.29, 0.717) is 18.8 Å². The highest BCUT2D eigenvalue weighted by molar-refractivity contribution is 7.89. The summed E-state index contributed by atoms with van der Waals surface area (Å²) < 4.78 is 25.8. The molecule has 1 aliphatic heterocycles. The zero-order valence-electron chi connectivity index (χ0n) is 9.57. The van der Waals surface area contributed by atoms with E-state index in [-0.39, 0.29) is 5.41 Å². The monoisotopic (exact) mass is 232 g/mol. The fraction of sp³-hybridized carbons (Fsp3) is 1.00. The molecule has 1 aliphatic carbocycles. The number of hydrogen-bond donors (Lipinski definition) is 0. The van der Waals surface area contributed by atoms with Crippen LogP contribution < -0.4 is 0 Å². The van der Waals surface area contributed by atoms with Gasteiger partial charge in [0.2, 0.25) is 10.0 Å². The first-order chi connectivity index (χ1) is 6.91. The highest BCUT2D eigenvalue weighted by Crippen LogP contribution is 2.46. The van der Waals surface area contributed by atoms with Crippen molar-refractivity contribution in [2.75, 3.05) is 39.0 Å². The van der Waals surface area contributed by atoms with Crippen molar-refractivity contribution in [3.63, 3.8) is 0 Å². The number of nitrogens with zero attached hydrogens (tertiary/aromatic N) is 2. The minimum Gasteiger partial charge on any atom is -0.304 e. The van der Waals surface area contributed by atoms with Crippen LogP contribution >= 0.6 is 0 Å². The molecule has 2 rings (SSSR count). The molecule has 0 amide bonds. The summed E-state index contributed by atoms with van der Waals surface area (Å²) in [6.45, 7) is 5.11. The second-order valence-electron chi connectivity index (χ2n) is 5.27. The fourth-order valence-corrected chi connectivity index (χ4v) is 4.03. The van der Waals surface area contributed by atoms with Crippen molar-refractivity contribution in [1.82, 2.24) is 9.21 Å². The smallest absolute Gasteiger partial charge is 0.214 e. The van der Waals surface area contributed by atoms with Crippen LogP contribution in [0.2, 0.25) is 0 Å². The van der Waals surface area contributed by atoms with Gasteiger partial charge in [-0.1, -0.05) is 6.92 Å². The highest BCUT2D eigenvalue weighted by Gasteiger charge is 2.43. The van der Waals surface area contributed by atoms with Crippen LogP contribution in [0.15, 0.2) is 0 Å². The van der Waals surface area contributed by atoms with Crippen molar-refractivity contribution in [3.8, 4) is 0 Å². The third-order valence-electron chi connectivity index (χ3n) is 3.49. The van der Waals surface area contributed by atoms with Crippen molar-refractivity contribution in [3.05, 3.63) is 0 Å². The van der Waals surface area contributed by atoms with Gasteiger partial charge in [0.05, 0.1) is 5.75 Å². The lowest BCUT2D eigenvalue weighted by Crippen LogP contribution is -2.48. The van der Waals surface area contributed by atoms with E-state index < -0.39 is 10.0 Å². The van der Waals surface area contributed by atoms with E-state index in [1.807, 2.05) is 7.05 Å². The minimum atomic E-state index is -3.00. The lowest BCUT2D eigenvalue weighted by atomic mass is 10.2. The van der Waals surface area contributed by atoms with Gasteiger partial charge < -0.3 is 4.90 Å². The van der Waals surface area contributed by atoms with Gasteiger partial charge in [0.25, 0.3) is 0 Å². The van der Waals surface area contributed by atoms with Crippen LogP contribution in [0.25, 0.3) is 0 Å². The quantitative estimate of drug-likeness (QED) is 0.705. The lowest BCUT2D eigenvalue weighted by Gasteiger charge is -2.32. The highest BCUT2D eigenvalue weighted by atomic mass is 32.2. The Morgan fingerprint density at radius 3 is 2.13 bits per heavy atom. The van der Waals surface area contributed by atoms with Gasteiger partial charge in [0.1, 0.15) is 0 Å². The maximum Gasteiger partial charge on any atom is 0.214 e. The summed E-state index contributed by atoms with van der Waals surface area (Å²) in [5.41, 5.74) is 0.0855. The van der Waals surface area contributed by atoms with Crippen LogP contribution in [0.3, 0.4) is 0 Å². The maximum atomic E-state index is 12.1. The molecule has 1 saturated carbocycles. The van der Waals surface area contributed by atoms with Gasteiger partial charge in [0, 0.05) is 26.2 Å². The van der Waals surface area contributed by atoms with Gasteiger partial charge in [-0.3, -0.25) is 0 Å². The summed E-state index contributed by atoms with van der Waals surface area (Å²) >= 11 is 0. The van der Waals surface area contributed by atoms with E-state index in [2.05, 4.69) is 11.8 Å². The Labute approximate surface area is 92.3 Å².